The van der Waals surface area contributed by atoms with Crippen molar-refractivity contribution in [2.24, 2.45) is 11.8 Å². The van der Waals surface area contributed by atoms with E-state index in [4.69, 9.17) is 0 Å². The Bertz CT molecular complexity index is 899. The lowest BCUT2D eigenvalue weighted by molar-refractivity contribution is -0.132. The SMILES string of the molecule is CC(C)CCC(=O)N1CCC(c2ccc(NC(=O)C3CN(c4cccnc4)C3)cc2)CC1. The number of carbonyl (C=O) groups excluding carboxylic acids is 2. The number of nitrogens with zero attached hydrogens (tertiary/aromatic N) is 3. The fraction of sp³-hybridized carbons (Fsp3) is 0.500. The predicted molar refractivity (Wildman–Crippen MR) is 128 cm³/mol. The molecular weight excluding hydrogens is 400 g/mol. The van der Waals surface area contributed by atoms with Gasteiger partial charge in [0.15, 0.2) is 0 Å². The first-order valence-corrected chi connectivity index (χ1v) is 11.8. The highest BCUT2D eigenvalue weighted by atomic mass is 16.2. The van der Waals surface area contributed by atoms with Gasteiger partial charge in [0.2, 0.25) is 11.8 Å². The molecule has 0 spiro atoms. The second-order valence-electron chi connectivity index (χ2n) is 9.51. The first-order chi connectivity index (χ1) is 15.5. The van der Waals surface area contributed by atoms with Crippen molar-refractivity contribution in [2.75, 3.05) is 36.4 Å². The number of likely N-dealkylation sites (tertiary alicyclic amines) is 1. The maximum atomic E-state index is 12.6. The van der Waals surface area contributed by atoms with E-state index in [2.05, 4.69) is 41.2 Å². The molecule has 2 aliphatic heterocycles. The number of anilines is 2. The molecule has 1 aromatic heterocycles. The Kier molecular flexibility index (Phi) is 7.08. The Labute approximate surface area is 191 Å². The van der Waals surface area contributed by atoms with Gasteiger partial charge in [-0.1, -0.05) is 26.0 Å². The van der Waals surface area contributed by atoms with Crippen molar-refractivity contribution in [3.63, 3.8) is 0 Å². The molecule has 0 bridgehead atoms. The first-order valence-electron chi connectivity index (χ1n) is 11.8. The number of nitrogens with one attached hydrogen (secondary N) is 1. The Hall–Kier alpha value is -2.89. The number of pyridine rings is 1. The number of aromatic nitrogens is 1. The molecule has 0 atom stereocenters. The summed E-state index contributed by atoms with van der Waals surface area (Å²) in [5.41, 5.74) is 3.21. The Morgan fingerprint density at radius 3 is 2.44 bits per heavy atom. The summed E-state index contributed by atoms with van der Waals surface area (Å²) < 4.78 is 0. The number of benzene rings is 1. The average Bonchev–Trinajstić information content (AvgIpc) is 2.78. The topological polar surface area (TPSA) is 65.5 Å². The van der Waals surface area contributed by atoms with E-state index in [1.165, 1.54) is 5.56 Å². The minimum absolute atomic E-state index is 0.00689. The van der Waals surface area contributed by atoms with E-state index in [9.17, 15) is 9.59 Å². The molecule has 1 N–H and O–H groups in total. The van der Waals surface area contributed by atoms with Crippen LogP contribution in [0.2, 0.25) is 0 Å². The minimum atomic E-state index is 0.00689. The van der Waals surface area contributed by atoms with Crippen LogP contribution in [0.1, 0.15) is 51.0 Å². The zero-order chi connectivity index (χ0) is 22.5. The van der Waals surface area contributed by atoms with Crippen molar-refractivity contribution >= 4 is 23.2 Å². The van der Waals surface area contributed by atoms with E-state index in [0.717, 1.165) is 56.8 Å². The van der Waals surface area contributed by atoms with Crippen LogP contribution in [0, 0.1) is 11.8 Å². The quantitative estimate of drug-likeness (QED) is 0.706. The molecule has 6 nitrogen and oxygen atoms in total. The van der Waals surface area contributed by atoms with Gasteiger partial charge in [-0.05, 0) is 60.9 Å². The minimum Gasteiger partial charge on any atom is -0.369 e. The lowest BCUT2D eigenvalue weighted by atomic mass is 9.89. The monoisotopic (exact) mass is 434 g/mol. The van der Waals surface area contributed by atoms with E-state index < -0.39 is 0 Å². The average molecular weight is 435 g/mol. The zero-order valence-electron chi connectivity index (χ0n) is 19.2. The van der Waals surface area contributed by atoms with Gasteiger partial charge in [-0.3, -0.25) is 14.6 Å². The Balaban J connectivity index is 1.22. The summed E-state index contributed by atoms with van der Waals surface area (Å²) >= 11 is 0. The summed E-state index contributed by atoms with van der Waals surface area (Å²) in [5.74, 6) is 1.43. The Morgan fingerprint density at radius 2 is 1.81 bits per heavy atom. The molecule has 0 unspecified atom stereocenters. The maximum absolute atomic E-state index is 12.6. The molecule has 0 saturated carbocycles. The standard InChI is InChI=1S/C26H34N4O2/c1-19(2)5-10-25(31)29-14-11-21(12-15-29)20-6-8-23(9-7-20)28-26(32)22-17-30(18-22)24-4-3-13-27-16-24/h3-4,6-9,13,16,19,21-22H,5,10-12,14-15,17-18H2,1-2H3,(H,28,32). The molecule has 2 aliphatic rings. The van der Waals surface area contributed by atoms with Crippen LogP contribution in [0.3, 0.4) is 0 Å². The molecule has 2 amide bonds. The van der Waals surface area contributed by atoms with Crippen LogP contribution in [-0.2, 0) is 9.59 Å². The summed E-state index contributed by atoms with van der Waals surface area (Å²) in [5, 5.41) is 3.06. The van der Waals surface area contributed by atoms with Crippen LogP contribution in [-0.4, -0.2) is 47.9 Å². The van der Waals surface area contributed by atoms with Crippen molar-refractivity contribution in [1.29, 1.82) is 0 Å². The second kappa shape index (κ2) is 10.2. The fourth-order valence-corrected chi connectivity index (χ4v) is 4.51. The summed E-state index contributed by atoms with van der Waals surface area (Å²) in [6.07, 6.45) is 7.23. The largest absolute Gasteiger partial charge is 0.369 e. The molecule has 4 rings (SSSR count). The molecule has 1 aromatic carbocycles. The fourth-order valence-electron chi connectivity index (χ4n) is 4.51. The number of carbonyl (C=O) groups is 2. The first kappa shape index (κ1) is 22.3. The van der Waals surface area contributed by atoms with Crippen molar-refractivity contribution in [3.8, 4) is 0 Å². The van der Waals surface area contributed by atoms with E-state index in [1.54, 1.807) is 6.20 Å². The smallest absolute Gasteiger partial charge is 0.231 e. The van der Waals surface area contributed by atoms with E-state index in [0.29, 0.717) is 24.2 Å². The highest BCUT2D eigenvalue weighted by molar-refractivity contribution is 5.94. The van der Waals surface area contributed by atoms with Crippen molar-refractivity contribution < 1.29 is 9.59 Å². The van der Waals surface area contributed by atoms with Crippen LogP contribution in [0.4, 0.5) is 11.4 Å². The summed E-state index contributed by atoms with van der Waals surface area (Å²) in [7, 11) is 0. The van der Waals surface area contributed by atoms with E-state index >= 15 is 0 Å². The number of rotatable bonds is 7. The Morgan fingerprint density at radius 1 is 1.09 bits per heavy atom. The van der Waals surface area contributed by atoms with Gasteiger partial charge in [0, 0.05) is 44.5 Å². The normalized spacial score (nSPS) is 17.3. The summed E-state index contributed by atoms with van der Waals surface area (Å²) in [6, 6.07) is 12.2. The molecule has 0 aliphatic carbocycles. The van der Waals surface area contributed by atoms with Gasteiger partial charge in [-0.15, -0.1) is 0 Å². The predicted octanol–water partition coefficient (Wildman–Crippen LogP) is 4.30. The molecule has 32 heavy (non-hydrogen) atoms. The third-order valence-electron chi connectivity index (χ3n) is 6.70. The summed E-state index contributed by atoms with van der Waals surface area (Å²) in [6.45, 7) is 7.46. The third-order valence-corrected chi connectivity index (χ3v) is 6.70. The molecule has 3 heterocycles. The van der Waals surface area contributed by atoms with Gasteiger partial charge in [0.05, 0.1) is 17.8 Å². The van der Waals surface area contributed by atoms with Gasteiger partial charge in [0.25, 0.3) is 0 Å². The summed E-state index contributed by atoms with van der Waals surface area (Å²) in [4.78, 5) is 33.3. The molecule has 2 aromatic rings. The molecule has 170 valence electrons. The van der Waals surface area contributed by atoms with Gasteiger partial charge in [0.1, 0.15) is 0 Å². The van der Waals surface area contributed by atoms with Crippen LogP contribution >= 0.6 is 0 Å². The molecule has 2 saturated heterocycles. The van der Waals surface area contributed by atoms with Crippen molar-refractivity contribution in [3.05, 3.63) is 54.4 Å². The van der Waals surface area contributed by atoms with Gasteiger partial charge < -0.3 is 15.1 Å². The van der Waals surface area contributed by atoms with Crippen LogP contribution in [0.5, 0.6) is 0 Å². The lowest BCUT2D eigenvalue weighted by Crippen LogP contribution is -2.52. The zero-order valence-corrected chi connectivity index (χ0v) is 19.2. The second-order valence-corrected chi connectivity index (χ2v) is 9.51. The highest BCUT2D eigenvalue weighted by Crippen LogP contribution is 2.30. The van der Waals surface area contributed by atoms with Crippen molar-refractivity contribution in [2.45, 2.75) is 45.4 Å². The van der Waals surface area contributed by atoms with Crippen LogP contribution in [0.15, 0.2) is 48.8 Å². The third kappa shape index (κ3) is 5.47. The maximum Gasteiger partial charge on any atom is 0.231 e. The molecule has 6 heteroatoms. The molecule has 2 fully saturated rings. The van der Waals surface area contributed by atoms with Gasteiger partial charge in [-0.25, -0.2) is 0 Å². The molecular formula is C26H34N4O2. The lowest BCUT2D eigenvalue weighted by Gasteiger charge is -2.39. The van der Waals surface area contributed by atoms with E-state index in [-0.39, 0.29) is 11.8 Å². The number of amides is 2. The van der Waals surface area contributed by atoms with E-state index in [1.807, 2.05) is 35.4 Å². The van der Waals surface area contributed by atoms with Gasteiger partial charge in [-0.2, -0.15) is 0 Å². The molecule has 0 radical (unpaired) electrons. The number of hydrogen-bond donors (Lipinski definition) is 1. The highest BCUT2D eigenvalue weighted by Gasteiger charge is 2.33. The van der Waals surface area contributed by atoms with Gasteiger partial charge >= 0.3 is 0 Å². The number of hydrogen-bond acceptors (Lipinski definition) is 4. The van der Waals surface area contributed by atoms with Crippen molar-refractivity contribution in [1.82, 2.24) is 9.88 Å². The van der Waals surface area contributed by atoms with Crippen LogP contribution < -0.4 is 10.2 Å². The van der Waals surface area contributed by atoms with Crippen LogP contribution in [0.25, 0.3) is 0 Å². The number of piperidine rings is 1.